The molecule has 120 valence electrons. The minimum Gasteiger partial charge on any atom is -0.479 e. The van der Waals surface area contributed by atoms with Crippen LogP contribution in [0.1, 0.15) is 11.7 Å². The van der Waals surface area contributed by atoms with Crippen molar-refractivity contribution in [3.05, 3.63) is 73.0 Å². The van der Waals surface area contributed by atoms with E-state index in [0.717, 1.165) is 18.7 Å². The van der Waals surface area contributed by atoms with Gasteiger partial charge in [-0.15, -0.1) is 0 Å². The summed E-state index contributed by atoms with van der Waals surface area (Å²) in [4.78, 5) is 0. The monoisotopic (exact) mass is 311 g/mol. The molecule has 4 nitrogen and oxygen atoms in total. The topological polar surface area (TPSA) is 39.7 Å². The predicted octanol–water partition coefficient (Wildman–Crippen LogP) is 3.32. The zero-order chi connectivity index (χ0) is 15.9. The average Bonchev–Trinajstić information content (AvgIpc) is 2.63. The van der Waals surface area contributed by atoms with Gasteiger partial charge in [0.15, 0.2) is 17.6 Å². The minimum absolute atomic E-state index is 0.0528. The molecule has 0 aliphatic carbocycles. The van der Waals surface area contributed by atoms with E-state index in [9.17, 15) is 0 Å². The van der Waals surface area contributed by atoms with E-state index < -0.39 is 0 Å². The van der Waals surface area contributed by atoms with E-state index in [2.05, 4.69) is 24.0 Å². The van der Waals surface area contributed by atoms with Crippen molar-refractivity contribution in [3.8, 4) is 11.5 Å². The Bertz CT molecular complexity index is 624. The second-order valence-corrected chi connectivity index (χ2v) is 5.29. The van der Waals surface area contributed by atoms with Crippen LogP contribution in [0.4, 0.5) is 0 Å². The SMILES string of the molecule is C=COc1ccccc1OC(c1ccccc1)C1CNCCO1. The molecule has 2 atom stereocenters. The van der Waals surface area contributed by atoms with Gasteiger partial charge in [0.2, 0.25) is 0 Å². The van der Waals surface area contributed by atoms with Gasteiger partial charge in [0.1, 0.15) is 6.10 Å². The van der Waals surface area contributed by atoms with Crippen LogP contribution in [0.25, 0.3) is 0 Å². The lowest BCUT2D eigenvalue weighted by atomic mass is 10.0. The Balaban J connectivity index is 1.88. The summed E-state index contributed by atoms with van der Waals surface area (Å²) in [6.07, 6.45) is 1.14. The van der Waals surface area contributed by atoms with Crippen molar-refractivity contribution in [3.63, 3.8) is 0 Å². The zero-order valence-corrected chi connectivity index (χ0v) is 13.0. The number of nitrogens with one attached hydrogen (secondary N) is 1. The van der Waals surface area contributed by atoms with Crippen LogP contribution in [0.15, 0.2) is 67.4 Å². The van der Waals surface area contributed by atoms with Gasteiger partial charge in [0.05, 0.1) is 12.9 Å². The Morgan fingerprint density at radius 1 is 1.09 bits per heavy atom. The van der Waals surface area contributed by atoms with Crippen molar-refractivity contribution < 1.29 is 14.2 Å². The molecule has 3 rings (SSSR count). The van der Waals surface area contributed by atoms with E-state index >= 15 is 0 Å². The molecule has 0 aromatic heterocycles. The maximum Gasteiger partial charge on any atom is 0.168 e. The van der Waals surface area contributed by atoms with Gasteiger partial charge in [0, 0.05) is 13.1 Å². The highest BCUT2D eigenvalue weighted by molar-refractivity contribution is 5.40. The Morgan fingerprint density at radius 2 is 1.83 bits per heavy atom. The molecule has 2 aromatic carbocycles. The fourth-order valence-corrected chi connectivity index (χ4v) is 2.65. The Kier molecular flexibility index (Phi) is 5.29. The maximum atomic E-state index is 6.29. The molecule has 0 radical (unpaired) electrons. The molecule has 1 aliphatic heterocycles. The molecule has 23 heavy (non-hydrogen) atoms. The maximum absolute atomic E-state index is 6.29. The highest BCUT2D eigenvalue weighted by Gasteiger charge is 2.28. The van der Waals surface area contributed by atoms with Crippen LogP contribution >= 0.6 is 0 Å². The first-order chi connectivity index (χ1) is 11.4. The fraction of sp³-hybridized carbons (Fsp3) is 0.263. The summed E-state index contributed by atoms with van der Waals surface area (Å²) >= 11 is 0. The Labute approximate surface area is 136 Å². The number of benzene rings is 2. The lowest BCUT2D eigenvalue weighted by Crippen LogP contribution is -2.43. The van der Waals surface area contributed by atoms with E-state index in [1.807, 2.05) is 42.5 Å². The van der Waals surface area contributed by atoms with Crippen molar-refractivity contribution in [2.75, 3.05) is 19.7 Å². The summed E-state index contributed by atoms with van der Waals surface area (Å²) in [6, 6.07) is 17.7. The molecule has 1 saturated heterocycles. The highest BCUT2D eigenvalue weighted by atomic mass is 16.6. The summed E-state index contributed by atoms with van der Waals surface area (Å²) in [5, 5.41) is 3.36. The molecule has 1 heterocycles. The van der Waals surface area contributed by atoms with E-state index in [1.54, 1.807) is 0 Å². The van der Waals surface area contributed by atoms with E-state index in [4.69, 9.17) is 14.2 Å². The van der Waals surface area contributed by atoms with E-state index in [1.165, 1.54) is 6.26 Å². The van der Waals surface area contributed by atoms with Crippen molar-refractivity contribution >= 4 is 0 Å². The van der Waals surface area contributed by atoms with Gasteiger partial charge in [0.25, 0.3) is 0 Å². The van der Waals surface area contributed by atoms with Crippen LogP contribution in [-0.4, -0.2) is 25.8 Å². The molecule has 2 unspecified atom stereocenters. The van der Waals surface area contributed by atoms with Gasteiger partial charge in [-0.2, -0.15) is 0 Å². The van der Waals surface area contributed by atoms with Gasteiger partial charge in [-0.1, -0.05) is 49.0 Å². The molecular formula is C19H21NO3. The predicted molar refractivity (Wildman–Crippen MR) is 89.7 cm³/mol. The number of morpholine rings is 1. The summed E-state index contributed by atoms with van der Waals surface area (Å²) in [7, 11) is 0. The van der Waals surface area contributed by atoms with E-state index in [0.29, 0.717) is 18.1 Å². The molecule has 0 saturated carbocycles. The second-order valence-electron chi connectivity index (χ2n) is 5.29. The zero-order valence-electron chi connectivity index (χ0n) is 13.0. The van der Waals surface area contributed by atoms with Crippen LogP contribution in [0, 0.1) is 0 Å². The van der Waals surface area contributed by atoms with Crippen molar-refractivity contribution in [2.24, 2.45) is 0 Å². The molecule has 1 fully saturated rings. The molecule has 0 amide bonds. The van der Waals surface area contributed by atoms with Crippen molar-refractivity contribution in [1.29, 1.82) is 0 Å². The third-order valence-corrected chi connectivity index (χ3v) is 3.74. The van der Waals surface area contributed by atoms with Gasteiger partial charge >= 0.3 is 0 Å². The lowest BCUT2D eigenvalue weighted by Gasteiger charge is -2.32. The lowest BCUT2D eigenvalue weighted by molar-refractivity contribution is -0.0437. The van der Waals surface area contributed by atoms with E-state index in [-0.39, 0.29) is 12.2 Å². The van der Waals surface area contributed by atoms with Gasteiger partial charge < -0.3 is 19.5 Å². The van der Waals surface area contributed by atoms with Crippen LogP contribution in [0.2, 0.25) is 0 Å². The standard InChI is InChI=1S/C19H21NO3/c1-2-21-16-10-6-7-11-17(16)23-19(15-8-4-3-5-9-15)18-14-20-12-13-22-18/h2-11,18-20H,1,12-14H2. The van der Waals surface area contributed by atoms with Crippen LogP contribution < -0.4 is 14.8 Å². The van der Waals surface area contributed by atoms with Gasteiger partial charge in [-0.25, -0.2) is 0 Å². The first-order valence-corrected chi connectivity index (χ1v) is 7.79. The number of para-hydroxylation sites is 2. The Hall–Kier alpha value is -2.30. The summed E-state index contributed by atoms with van der Waals surface area (Å²) in [6.45, 7) is 5.92. The summed E-state index contributed by atoms with van der Waals surface area (Å²) in [5.41, 5.74) is 1.08. The first kappa shape index (κ1) is 15.6. The number of hydrogen-bond donors (Lipinski definition) is 1. The molecular weight excluding hydrogens is 290 g/mol. The molecule has 4 heteroatoms. The molecule has 0 spiro atoms. The smallest absolute Gasteiger partial charge is 0.168 e. The first-order valence-electron chi connectivity index (χ1n) is 7.79. The normalized spacial score (nSPS) is 18.9. The number of ether oxygens (including phenoxy) is 3. The van der Waals surface area contributed by atoms with Crippen LogP contribution in [-0.2, 0) is 4.74 Å². The van der Waals surface area contributed by atoms with Crippen molar-refractivity contribution in [2.45, 2.75) is 12.2 Å². The quantitative estimate of drug-likeness (QED) is 0.831. The molecule has 1 aliphatic rings. The van der Waals surface area contributed by atoms with Crippen LogP contribution in [0.5, 0.6) is 11.5 Å². The molecule has 1 N–H and O–H groups in total. The summed E-state index contributed by atoms with van der Waals surface area (Å²) < 4.78 is 17.6. The number of rotatable bonds is 6. The van der Waals surface area contributed by atoms with Gasteiger partial charge in [-0.05, 0) is 17.7 Å². The third kappa shape index (κ3) is 3.92. The van der Waals surface area contributed by atoms with Gasteiger partial charge in [-0.3, -0.25) is 0 Å². The van der Waals surface area contributed by atoms with Crippen molar-refractivity contribution in [1.82, 2.24) is 5.32 Å². The minimum atomic E-state index is -0.210. The molecule has 0 bridgehead atoms. The Morgan fingerprint density at radius 3 is 2.52 bits per heavy atom. The number of hydrogen-bond acceptors (Lipinski definition) is 4. The molecule has 2 aromatic rings. The third-order valence-electron chi connectivity index (χ3n) is 3.74. The highest BCUT2D eigenvalue weighted by Crippen LogP contribution is 2.33. The van der Waals surface area contributed by atoms with Crippen LogP contribution in [0.3, 0.4) is 0 Å². The fourth-order valence-electron chi connectivity index (χ4n) is 2.65. The average molecular weight is 311 g/mol. The second kappa shape index (κ2) is 7.81. The summed E-state index contributed by atoms with van der Waals surface area (Å²) in [5.74, 6) is 1.32. The largest absolute Gasteiger partial charge is 0.479 e.